The van der Waals surface area contributed by atoms with Crippen LogP contribution in [-0.2, 0) is 28.6 Å². The maximum Gasteiger partial charge on any atom is 0.303 e. The highest BCUT2D eigenvalue weighted by Gasteiger charge is 2.47. The van der Waals surface area contributed by atoms with Gasteiger partial charge in [-0.1, -0.05) is 37.6 Å². The number of aliphatic hydroxyl groups excluding tert-OH is 1. The van der Waals surface area contributed by atoms with Crippen LogP contribution in [-0.4, -0.2) is 88.7 Å². The first kappa shape index (κ1) is 36.0. The summed E-state index contributed by atoms with van der Waals surface area (Å²) in [6.07, 6.45) is 7.48. The zero-order chi connectivity index (χ0) is 31.4. The average molecular weight is 613 g/mol. The smallest absolute Gasteiger partial charge is 0.303 e. The van der Waals surface area contributed by atoms with Crippen LogP contribution in [0.2, 0.25) is 0 Å². The molecule has 238 valence electrons. The van der Waals surface area contributed by atoms with E-state index in [1.54, 1.807) is 13.0 Å². The van der Waals surface area contributed by atoms with E-state index in [0.29, 0.717) is 13.0 Å². The van der Waals surface area contributed by atoms with E-state index in [1.165, 1.54) is 19.1 Å². The number of carbonyl (C=O) groups excluding carboxylic acids is 3. The molecule has 0 radical (unpaired) electrons. The van der Waals surface area contributed by atoms with Crippen molar-refractivity contribution >= 4 is 29.4 Å². The first-order valence-electron chi connectivity index (χ1n) is 14.8. The van der Waals surface area contributed by atoms with Crippen LogP contribution < -0.4 is 10.6 Å². The van der Waals surface area contributed by atoms with Gasteiger partial charge in [0.25, 0.3) is 0 Å². The monoisotopic (exact) mass is 612 g/mol. The van der Waals surface area contributed by atoms with Gasteiger partial charge in [-0.15, -0.1) is 11.6 Å². The molecule has 2 amide bonds. The lowest BCUT2D eigenvalue weighted by Gasteiger charge is -2.43. The largest absolute Gasteiger partial charge is 0.459 e. The summed E-state index contributed by atoms with van der Waals surface area (Å²) in [7, 11) is 0. The number of hydrogen-bond acceptors (Lipinski definition) is 8. The molecule has 0 spiro atoms. The van der Waals surface area contributed by atoms with Crippen molar-refractivity contribution in [3.05, 3.63) is 36.0 Å². The number of amides is 2. The van der Waals surface area contributed by atoms with E-state index in [4.69, 9.17) is 25.8 Å². The van der Waals surface area contributed by atoms with Crippen molar-refractivity contribution in [1.82, 2.24) is 10.6 Å². The Morgan fingerprint density at radius 3 is 2.55 bits per heavy atom. The summed E-state index contributed by atoms with van der Waals surface area (Å²) in [5.41, 5.74) is -0.639. The first-order chi connectivity index (χ1) is 19.8. The van der Waals surface area contributed by atoms with E-state index in [9.17, 15) is 24.6 Å². The predicted molar refractivity (Wildman–Crippen MR) is 161 cm³/mol. The molecule has 0 bridgehead atoms. The topological polar surface area (TPSA) is 143 Å². The van der Waals surface area contributed by atoms with E-state index in [2.05, 4.69) is 17.6 Å². The molecule has 4 N–H and O–H groups in total. The lowest BCUT2D eigenvalue weighted by Crippen LogP contribution is -2.58. The van der Waals surface area contributed by atoms with Crippen LogP contribution in [0.1, 0.15) is 73.6 Å². The highest BCUT2D eigenvalue weighted by molar-refractivity contribution is 6.18. The molecule has 9 atom stereocenters. The minimum atomic E-state index is -1.56. The molecule has 0 aromatic rings. The number of alkyl halides is 1. The zero-order valence-electron chi connectivity index (χ0n) is 25.7. The van der Waals surface area contributed by atoms with Crippen molar-refractivity contribution in [3.8, 4) is 0 Å². The fourth-order valence-corrected chi connectivity index (χ4v) is 5.46. The predicted octanol–water partition coefficient (Wildman–Crippen LogP) is 3.09. The molecule has 42 heavy (non-hydrogen) atoms. The van der Waals surface area contributed by atoms with E-state index in [1.807, 2.05) is 32.9 Å². The molecule has 2 aliphatic heterocycles. The third kappa shape index (κ3) is 11.4. The Morgan fingerprint density at radius 2 is 1.90 bits per heavy atom. The molecule has 0 aromatic heterocycles. The van der Waals surface area contributed by atoms with Crippen LogP contribution in [0.15, 0.2) is 36.0 Å². The van der Waals surface area contributed by atoms with Gasteiger partial charge in [-0.3, -0.25) is 14.4 Å². The number of hydrogen-bond donors (Lipinski definition) is 4. The van der Waals surface area contributed by atoms with E-state index in [-0.39, 0.29) is 54.7 Å². The summed E-state index contributed by atoms with van der Waals surface area (Å²) in [6.45, 7) is 11.5. The molecule has 2 heterocycles. The molecule has 9 unspecified atom stereocenters. The average Bonchev–Trinajstić information content (AvgIpc) is 2.92. The molecular formula is C31H49ClN2O8. The Kier molecular flexibility index (Phi) is 14.7. The molecule has 0 aliphatic carbocycles. The van der Waals surface area contributed by atoms with Gasteiger partial charge in [0.15, 0.2) is 0 Å². The van der Waals surface area contributed by atoms with Crippen LogP contribution in [0.3, 0.4) is 0 Å². The Bertz CT molecular complexity index is 1000. The van der Waals surface area contributed by atoms with Crippen LogP contribution >= 0.6 is 11.6 Å². The second-order valence-corrected chi connectivity index (χ2v) is 11.9. The maximum absolute atomic E-state index is 12.4. The molecular weight excluding hydrogens is 564 g/mol. The normalized spacial score (nSPS) is 33.0. The Labute approximate surface area is 254 Å². The summed E-state index contributed by atoms with van der Waals surface area (Å²) in [5.74, 6) is -0.832. The lowest BCUT2D eigenvalue weighted by molar-refractivity contribution is -0.195. The Balaban J connectivity index is 1.94. The molecule has 10 nitrogen and oxygen atoms in total. The number of rotatable bonds is 13. The number of ether oxygens (including phenoxy) is 3. The minimum absolute atomic E-state index is 0.0418. The van der Waals surface area contributed by atoms with Crippen molar-refractivity contribution in [2.45, 2.75) is 122 Å². The van der Waals surface area contributed by atoms with E-state index in [0.717, 1.165) is 18.4 Å². The highest BCUT2D eigenvalue weighted by Crippen LogP contribution is 2.33. The van der Waals surface area contributed by atoms with Gasteiger partial charge < -0.3 is 35.1 Å². The van der Waals surface area contributed by atoms with Crippen molar-refractivity contribution < 1.29 is 38.8 Å². The zero-order valence-corrected chi connectivity index (χ0v) is 26.4. The standard InChI is InChI=1S/C31H49ClN2O8/c1-7-14-33-29(37)16-24-17-31(39,18-32)30(38)27(42-24)12-9-19(2)8-11-26-20(3)15-25(22(5)41-26)34-28(36)13-10-21(4)40-23(6)35/h8-10,12-13,20-22,24-27,30,38-39H,7,11,14-18H2,1-6H3,(H,33,37)(H,34,36). The Morgan fingerprint density at radius 1 is 1.19 bits per heavy atom. The van der Waals surface area contributed by atoms with Gasteiger partial charge in [0.1, 0.15) is 23.9 Å². The fraction of sp³-hybridized carbons (Fsp3) is 0.710. The molecule has 2 aliphatic rings. The maximum atomic E-state index is 12.4. The van der Waals surface area contributed by atoms with Gasteiger partial charge in [-0.25, -0.2) is 0 Å². The van der Waals surface area contributed by atoms with Crippen molar-refractivity contribution in [2.75, 3.05) is 12.4 Å². The molecule has 2 fully saturated rings. The molecule has 2 rings (SSSR count). The van der Waals surface area contributed by atoms with E-state index >= 15 is 0 Å². The molecule has 11 heteroatoms. The van der Waals surface area contributed by atoms with Gasteiger partial charge in [-0.05, 0) is 52.0 Å². The van der Waals surface area contributed by atoms with Crippen LogP contribution in [0.25, 0.3) is 0 Å². The lowest BCUT2D eigenvalue weighted by atomic mass is 9.84. The third-order valence-electron chi connectivity index (χ3n) is 7.64. The second kappa shape index (κ2) is 17.2. The van der Waals surface area contributed by atoms with Gasteiger partial charge in [0.2, 0.25) is 11.8 Å². The van der Waals surface area contributed by atoms with Gasteiger partial charge in [0.05, 0.1) is 36.7 Å². The van der Waals surface area contributed by atoms with Gasteiger partial charge in [0, 0.05) is 26.0 Å². The third-order valence-corrected chi connectivity index (χ3v) is 8.11. The summed E-state index contributed by atoms with van der Waals surface area (Å²) in [6, 6.07) is -0.148. The van der Waals surface area contributed by atoms with E-state index < -0.39 is 36.0 Å². The van der Waals surface area contributed by atoms with Crippen LogP contribution in [0, 0.1) is 5.92 Å². The number of nitrogens with one attached hydrogen (secondary N) is 2. The summed E-state index contributed by atoms with van der Waals surface area (Å²) in [5, 5.41) is 27.5. The number of aliphatic hydroxyl groups is 2. The number of halogens is 1. The van der Waals surface area contributed by atoms with Crippen molar-refractivity contribution in [3.63, 3.8) is 0 Å². The van der Waals surface area contributed by atoms with Crippen molar-refractivity contribution in [1.29, 1.82) is 0 Å². The number of carbonyl (C=O) groups is 3. The van der Waals surface area contributed by atoms with Crippen molar-refractivity contribution in [2.24, 2.45) is 5.92 Å². The molecule has 0 saturated carbocycles. The van der Waals surface area contributed by atoms with Gasteiger partial charge >= 0.3 is 5.97 Å². The fourth-order valence-electron chi connectivity index (χ4n) is 5.20. The quantitative estimate of drug-likeness (QED) is 0.108. The molecule has 0 aromatic carbocycles. The van der Waals surface area contributed by atoms with Crippen LogP contribution in [0.4, 0.5) is 0 Å². The van der Waals surface area contributed by atoms with Crippen LogP contribution in [0.5, 0.6) is 0 Å². The minimum Gasteiger partial charge on any atom is -0.459 e. The highest BCUT2D eigenvalue weighted by atomic mass is 35.5. The summed E-state index contributed by atoms with van der Waals surface area (Å²) < 4.78 is 17.2. The van der Waals surface area contributed by atoms with Gasteiger partial charge in [-0.2, -0.15) is 0 Å². The Hall–Kier alpha value is -2.24. The number of allylic oxidation sites excluding steroid dienone is 2. The SMILES string of the molecule is CCCNC(=O)CC1CC(O)(CCl)C(O)C(C=CC(C)=CCC2OC(C)C(NC(=O)C=CC(C)OC(C)=O)CC2C)O1. The first-order valence-corrected chi connectivity index (χ1v) is 15.4. The number of esters is 1. The summed E-state index contributed by atoms with van der Waals surface area (Å²) >= 11 is 6.02. The summed E-state index contributed by atoms with van der Waals surface area (Å²) in [4.78, 5) is 35.6. The second-order valence-electron chi connectivity index (χ2n) is 11.6. The molecule has 2 saturated heterocycles.